The smallest absolute Gasteiger partial charge is 0.289 e. The third kappa shape index (κ3) is 3.14. The maximum Gasteiger partial charge on any atom is 0.289 e. The van der Waals surface area contributed by atoms with E-state index in [1.807, 2.05) is 19.3 Å². The van der Waals surface area contributed by atoms with Crippen molar-refractivity contribution in [1.29, 1.82) is 0 Å². The Morgan fingerprint density at radius 3 is 2.77 bits per heavy atom. The maximum absolute atomic E-state index is 12.8. The largest absolute Gasteiger partial charge is 0.451 e. The highest BCUT2D eigenvalue weighted by Crippen LogP contribution is 2.22. The number of hydrogen-bond acceptors (Lipinski definition) is 4. The minimum Gasteiger partial charge on any atom is -0.451 e. The van der Waals surface area contributed by atoms with Crippen LogP contribution in [0.15, 0.2) is 51.9 Å². The maximum atomic E-state index is 12.8. The van der Waals surface area contributed by atoms with Crippen molar-refractivity contribution >= 4 is 16.9 Å². The van der Waals surface area contributed by atoms with Crippen LogP contribution in [0.3, 0.4) is 0 Å². The van der Waals surface area contributed by atoms with E-state index in [0.29, 0.717) is 30.0 Å². The Labute approximate surface area is 151 Å². The van der Waals surface area contributed by atoms with E-state index in [4.69, 9.17) is 4.42 Å². The Morgan fingerprint density at radius 2 is 2.04 bits per heavy atom. The zero-order chi connectivity index (χ0) is 18.1. The average molecular weight is 351 g/mol. The number of piperidine rings is 1. The van der Waals surface area contributed by atoms with E-state index in [2.05, 4.69) is 9.55 Å². The Bertz CT molecular complexity index is 997. The van der Waals surface area contributed by atoms with E-state index in [9.17, 15) is 9.59 Å². The van der Waals surface area contributed by atoms with Gasteiger partial charge in [0.25, 0.3) is 5.91 Å². The fourth-order valence-corrected chi connectivity index (χ4v) is 3.56. The van der Waals surface area contributed by atoms with Gasteiger partial charge in [-0.15, -0.1) is 0 Å². The molecule has 1 aromatic carbocycles. The first-order valence-corrected chi connectivity index (χ1v) is 8.92. The van der Waals surface area contributed by atoms with Gasteiger partial charge in [0.15, 0.2) is 11.2 Å². The molecule has 1 aliphatic rings. The van der Waals surface area contributed by atoms with Crippen molar-refractivity contribution in [1.82, 2.24) is 14.5 Å². The highest BCUT2D eigenvalue weighted by atomic mass is 16.3. The summed E-state index contributed by atoms with van der Waals surface area (Å²) in [4.78, 5) is 31.0. The topological polar surface area (TPSA) is 68.3 Å². The zero-order valence-corrected chi connectivity index (χ0v) is 14.7. The number of benzene rings is 1. The van der Waals surface area contributed by atoms with E-state index in [1.54, 1.807) is 29.2 Å². The van der Waals surface area contributed by atoms with Crippen LogP contribution in [0.2, 0.25) is 0 Å². The molecule has 1 saturated heterocycles. The molecule has 1 amide bonds. The van der Waals surface area contributed by atoms with Crippen LogP contribution >= 0.6 is 0 Å². The van der Waals surface area contributed by atoms with Crippen LogP contribution in [0.25, 0.3) is 11.0 Å². The van der Waals surface area contributed by atoms with Gasteiger partial charge >= 0.3 is 0 Å². The standard InChI is InChI=1S/C20H21N3O3/c1-14-21-8-11-23(14)13-15-6-9-22(10-7-15)20(25)19-12-17(24)16-4-2-3-5-18(16)26-19/h2-5,8,11-12,15H,6-7,9-10,13H2,1H3. The second-order valence-corrected chi connectivity index (χ2v) is 6.83. The number of rotatable bonds is 3. The van der Waals surface area contributed by atoms with Crippen molar-refractivity contribution in [2.24, 2.45) is 5.92 Å². The summed E-state index contributed by atoms with van der Waals surface area (Å²) in [6, 6.07) is 8.31. The fraction of sp³-hybridized carbons (Fsp3) is 0.350. The molecule has 0 unspecified atom stereocenters. The van der Waals surface area contributed by atoms with Crippen molar-refractivity contribution in [3.63, 3.8) is 0 Å². The molecule has 0 aliphatic carbocycles. The number of fused-ring (bicyclic) bond motifs is 1. The lowest BCUT2D eigenvalue weighted by atomic mass is 9.96. The fourth-order valence-electron chi connectivity index (χ4n) is 3.56. The number of amides is 1. The molecule has 1 fully saturated rings. The molecule has 26 heavy (non-hydrogen) atoms. The van der Waals surface area contributed by atoms with Crippen LogP contribution in [0.1, 0.15) is 29.2 Å². The minimum absolute atomic E-state index is 0.123. The molecular weight excluding hydrogens is 330 g/mol. The van der Waals surface area contributed by atoms with Gasteiger partial charge in [-0.05, 0) is 37.8 Å². The van der Waals surface area contributed by atoms with Gasteiger partial charge in [-0.25, -0.2) is 4.98 Å². The zero-order valence-electron chi connectivity index (χ0n) is 14.7. The van der Waals surface area contributed by atoms with Crippen molar-refractivity contribution in [3.05, 3.63) is 64.5 Å². The molecule has 0 spiro atoms. The summed E-state index contributed by atoms with van der Waals surface area (Å²) >= 11 is 0. The predicted molar refractivity (Wildman–Crippen MR) is 98.1 cm³/mol. The lowest BCUT2D eigenvalue weighted by molar-refractivity contribution is 0.0651. The summed E-state index contributed by atoms with van der Waals surface area (Å²) < 4.78 is 7.84. The number of aryl methyl sites for hydroxylation is 1. The normalized spacial score (nSPS) is 15.5. The Kier molecular flexibility index (Phi) is 4.32. The Balaban J connectivity index is 1.45. The molecule has 0 N–H and O–H groups in total. The molecule has 3 aromatic rings. The molecule has 6 nitrogen and oxygen atoms in total. The lowest BCUT2D eigenvalue weighted by Gasteiger charge is -2.32. The first kappa shape index (κ1) is 16.6. The number of nitrogens with zero attached hydrogens (tertiary/aromatic N) is 3. The van der Waals surface area contributed by atoms with E-state index >= 15 is 0 Å². The summed E-state index contributed by atoms with van der Waals surface area (Å²) in [6.45, 7) is 4.28. The number of carbonyl (C=O) groups is 1. The molecule has 134 valence electrons. The van der Waals surface area contributed by atoms with E-state index < -0.39 is 0 Å². The van der Waals surface area contributed by atoms with Crippen LogP contribution in [0.5, 0.6) is 0 Å². The van der Waals surface area contributed by atoms with Gasteiger partial charge in [-0.1, -0.05) is 12.1 Å². The molecule has 6 heteroatoms. The second kappa shape index (κ2) is 6.78. The van der Waals surface area contributed by atoms with Gasteiger partial charge < -0.3 is 13.9 Å². The number of hydrogen-bond donors (Lipinski definition) is 0. The monoisotopic (exact) mass is 351 g/mol. The number of para-hydroxylation sites is 1. The molecular formula is C20H21N3O3. The van der Waals surface area contributed by atoms with Crippen molar-refractivity contribution in [3.8, 4) is 0 Å². The van der Waals surface area contributed by atoms with Crippen molar-refractivity contribution in [2.75, 3.05) is 13.1 Å². The molecule has 2 aromatic heterocycles. The van der Waals surface area contributed by atoms with Gasteiger partial charge in [0.2, 0.25) is 0 Å². The highest BCUT2D eigenvalue weighted by Gasteiger charge is 2.26. The first-order chi connectivity index (χ1) is 12.6. The number of imidazole rings is 1. The quantitative estimate of drug-likeness (QED) is 0.728. The van der Waals surface area contributed by atoms with Crippen LogP contribution in [0, 0.1) is 12.8 Å². The van der Waals surface area contributed by atoms with Crippen LogP contribution in [-0.2, 0) is 6.54 Å². The molecule has 1 aliphatic heterocycles. The summed E-state index contributed by atoms with van der Waals surface area (Å²) in [6.07, 6.45) is 5.68. The molecule has 0 atom stereocenters. The molecule has 0 bridgehead atoms. The van der Waals surface area contributed by atoms with Gasteiger partial charge in [0.05, 0.1) is 5.39 Å². The van der Waals surface area contributed by atoms with Crippen molar-refractivity contribution < 1.29 is 9.21 Å². The van der Waals surface area contributed by atoms with E-state index in [0.717, 1.165) is 25.2 Å². The Hall–Kier alpha value is -2.89. The number of likely N-dealkylation sites (tertiary alicyclic amines) is 1. The molecule has 4 rings (SSSR count). The van der Waals surface area contributed by atoms with Crippen LogP contribution in [-0.4, -0.2) is 33.4 Å². The molecule has 3 heterocycles. The first-order valence-electron chi connectivity index (χ1n) is 8.92. The summed E-state index contributed by atoms with van der Waals surface area (Å²) in [5.41, 5.74) is 0.273. The third-order valence-electron chi connectivity index (χ3n) is 5.13. The minimum atomic E-state index is -0.204. The highest BCUT2D eigenvalue weighted by molar-refractivity contribution is 5.93. The van der Waals surface area contributed by atoms with Crippen molar-refractivity contribution in [2.45, 2.75) is 26.3 Å². The summed E-state index contributed by atoms with van der Waals surface area (Å²) in [5.74, 6) is 1.46. The lowest BCUT2D eigenvalue weighted by Crippen LogP contribution is -2.39. The van der Waals surface area contributed by atoms with Crippen LogP contribution < -0.4 is 5.43 Å². The van der Waals surface area contributed by atoms with Gasteiger partial charge in [0.1, 0.15) is 11.4 Å². The SMILES string of the molecule is Cc1nccn1CC1CCN(C(=O)c2cc(=O)c3ccccc3o2)CC1. The van der Waals surface area contributed by atoms with Crippen LogP contribution in [0.4, 0.5) is 0 Å². The summed E-state index contributed by atoms with van der Waals surface area (Å²) in [5, 5.41) is 0.499. The predicted octanol–water partition coefficient (Wildman–Crippen LogP) is 2.85. The number of aromatic nitrogens is 2. The van der Waals surface area contributed by atoms with Gasteiger partial charge in [-0.2, -0.15) is 0 Å². The molecule has 0 radical (unpaired) electrons. The Morgan fingerprint density at radius 1 is 1.27 bits per heavy atom. The van der Waals surface area contributed by atoms with Gasteiger partial charge in [-0.3, -0.25) is 9.59 Å². The van der Waals surface area contributed by atoms with Gasteiger partial charge in [0, 0.05) is 38.1 Å². The number of carbonyl (C=O) groups excluding carboxylic acids is 1. The van der Waals surface area contributed by atoms with E-state index in [-0.39, 0.29) is 17.1 Å². The van der Waals surface area contributed by atoms with E-state index in [1.165, 1.54) is 6.07 Å². The summed E-state index contributed by atoms with van der Waals surface area (Å²) in [7, 11) is 0. The molecule has 0 saturated carbocycles. The second-order valence-electron chi connectivity index (χ2n) is 6.83. The third-order valence-corrected chi connectivity index (χ3v) is 5.13. The average Bonchev–Trinajstić information content (AvgIpc) is 3.06.